The van der Waals surface area contributed by atoms with Crippen molar-refractivity contribution in [3.8, 4) is 23.1 Å². The number of nitriles is 1. The molecule has 0 saturated carbocycles. The standard InChI is InChI=1S/C13H11BrN4O/c1-18(8-15)13-16-6-9(7-17-13)11-5-10(14)3-4-12(11)19-2/h3-7H,1-2H3. The van der Waals surface area contributed by atoms with Crippen molar-refractivity contribution in [2.45, 2.75) is 0 Å². The summed E-state index contributed by atoms with van der Waals surface area (Å²) in [4.78, 5) is 9.60. The van der Waals surface area contributed by atoms with Crippen LogP contribution in [0, 0.1) is 11.5 Å². The molecule has 0 aliphatic rings. The fraction of sp³-hybridized carbons (Fsp3) is 0.154. The summed E-state index contributed by atoms with van der Waals surface area (Å²) < 4.78 is 6.26. The molecule has 0 unspecified atom stereocenters. The number of anilines is 1. The van der Waals surface area contributed by atoms with Crippen LogP contribution in [0.4, 0.5) is 5.95 Å². The molecule has 96 valence electrons. The van der Waals surface area contributed by atoms with Gasteiger partial charge < -0.3 is 4.74 Å². The molecule has 0 bridgehead atoms. The van der Waals surface area contributed by atoms with Crippen molar-refractivity contribution in [1.29, 1.82) is 5.26 Å². The molecule has 0 aliphatic heterocycles. The monoisotopic (exact) mass is 318 g/mol. The number of aromatic nitrogens is 2. The van der Waals surface area contributed by atoms with Crippen LogP contribution in [0.2, 0.25) is 0 Å². The molecule has 2 rings (SSSR count). The van der Waals surface area contributed by atoms with Crippen molar-refractivity contribution in [3.63, 3.8) is 0 Å². The van der Waals surface area contributed by atoms with Gasteiger partial charge in [0.05, 0.1) is 7.11 Å². The second-order valence-electron chi connectivity index (χ2n) is 3.78. The molecule has 5 nitrogen and oxygen atoms in total. The van der Waals surface area contributed by atoms with Crippen LogP contribution in [0.3, 0.4) is 0 Å². The number of nitrogens with zero attached hydrogens (tertiary/aromatic N) is 4. The molecule has 0 aliphatic carbocycles. The largest absolute Gasteiger partial charge is 0.496 e. The summed E-state index contributed by atoms with van der Waals surface area (Å²) in [6, 6.07) is 5.71. The summed E-state index contributed by atoms with van der Waals surface area (Å²) in [5, 5.41) is 8.76. The van der Waals surface area contributed by atoms with Crippen LogP contribution in [-0.4, -0.2) is 24.1 Å². The molecule has 0 amide bonds. The zero-order valence-corrected chi connectivity index (χ0v) is 12.0. The van der Waals surface area contributed by atoms with Gasteiger partial charge in [-0.05, 0) is 18.2 Å². The number of hydrogen-bond acceptors (Lipinski definition) is 5. The molecule has 0 N–H and O–H groups in total. The lowest BCUT2D eigenvalue weighted by atomic mass is 10.1. The van der Waals surface area contributed by atoms with Gasteiger partial charge >= 0.3 is 0 Å². The number of benzene rings is 1. The van der Waals surface area contributed by atoms with Crippen LogP contribution < -0.4 is 9.64 Å². The minimum atomic E-state index is 0.361. The van der Waals surface area contributed by atoms with E-state index < -0.39 is 0 Å². The third kappa shape index (κ3) is 2.83. The summed E-state index contributed by atoms with van der Waals surface area (Å²) in [6.45, 7) is 0. The van der Waals surface area contributed by atoms with Crippen LogP contribution >= 0.6 is 15.9 Å². The summed E-state index contributed by atoms with van der Waals surface area (Å²) >= 11 is 3.42. The second-order valence-corrected chi connectivity index (χ2v) is 4.69. The lowest BCUT2D eigenvalue weighted by Crippen LogP contribution is -2.11. The molecule has 6 heteroatoms. The van der Waals surface area contributed by atoms with Crippen molar-refractivity contribution in [3.05, 3.63) is 35.1 Å². The Labute approximate surface area is 119 Å². The molecule has 1 aromatic heterocycles. The number of hydrogen-bond donors (Lipinski definition) is 0. The van der Waals surface area contributed by atoms with Crippen molar-refractivity contribution < 1.29 is 4.74 Å². The van der Waals surface area contributed by atoms with Gasteiger partial charge in [0.1, 0.15) is 5.75 Å². The van der Waals surface area contributed by atoms with Gasteiger partial charge in [-0.2, -0.15) is 5.26 Å². The maximum Gasteiger partial charge on any atom is 0.238 e. The molecule has 2 aromatic rings. The van der Waals surface area contributed by atoms with Crippen LogP contribution in [0.25, 0.3) is 11.1 Å². The Bertz CT molecular complexity index is 622. The highest BCUT2D eigenvalue weighted by molar-refractivity contribution is 9.10. The van der Waals surface area contributed by atoms with E-state index in [4.69, 9.17) is 10.00 Å². The van der Waals surface area contributed by atoms with E-state index >= 15 is 0 Å². The van der Waals surface area contributed by atoms with Gasteiger partial charge in [-0.1, -0.05) is 15.9 Å². The van der Waals surface area contributed by atoms with Gasteiger partial charge in [0.25, 0.3) is 0 Å². The molecule has 19 heavy (non-hydrogen) atoms. The Hall–Kier alpha value is -2.13. The fourth-order valence-electron chi connectivity index (χ4n) is 1.58. The third-order valence-corrected chi connectivity index (χ3v) is 3.05. The Morgan fingerprint density at radius 3 is 2.58 bits per heavy atom. The average molecular weight is 319 g/mol. The van der Waals surface area contributed by atoms with Crippen LogP contribution in [0.15, 0.2) is 35.1 Å². The van der Waals surface area contributed by atoms with Crippen molar-refractivity contribution in [2.75, 3.05) is 19.1 Å². The number of ether oxygens (including phenoxy) is 1. The van der Waals surface area contributed by atoms with E-state index in [9.17, 15) is 0 Å². The highest BCUT2D eigenvalue weighted by Gasteiger charge is 2.09. The summed E-state index contributed by atoms with van der Waals surface area (Å²) in [5.74, 6) is 1.11. The van der Waals surface area contributed by atoms with Crippen molar-refractivity contribution in [1.82, 2.24) is 9.97 Å². The molecule has 0 atom stereocenters. The lowest BCUT2D eigenvalue weighted by Gasteiger charge is -2.10. The van der Waals surface area contributed by atoms with Gasteiger partial charge in [-0.3, -0.25) is 4.90 Å². The highest BCUT2D eigenvalue weighted by atomic mass is 79.9. The predicted molar refractivity (Wildman–Crippen MR) is 75.7 cm³/mol. The van der Waals surface area contributed by atoms with E-state index in [0.717, 1.165) is 21.3 Å². The molecule has 0 radical (unpaired) electrons. The quantitative estimate of drug-likeness (QED) is 0.643. The van der Waals surface area contributed by atoms with Crippen molar-refractivity contribution >= 4 is 21.9 Å². The molecule has 1 heterocycles. The molecular weight excluding hydrogens is 308 g/mol. The van der Waals surface area contributed by atoms with E-state index in [2.05, 4.69) is 25.9 Å². The molecule has 1 aromatic carbocycles. The Morgan fingerprint density at radius 1 is 1.32 bits per heavy atom. The normalized spacial score (nSPS) is 9.79. The SMILES string of the molecule is COc1ccc(Br)cc1-c1cnc(N(C)C#N)nc1. The van der Waals surface area contributed by atoms with Gasteiger partial charge in [-0.25, -0.2) is 9.97 Å². The Balaban J connectivity index is 2.43. The minimum Gasteiger partial charge on any atom is -0.496 e. The maximum atomic E-state index is 8.76. The van der Waals surface area contributed by atoms with Crippen LogP contribution in [0.1, 0.15) is 0 Å². The van der Waals surface area contributed by atoms with Crippen LogP contribution in [-0.2, 0) is 0 Å². The zero-order chi connectivity index (χ0) is 13.8. The lowest BCUT2D eigenvalue weighted by molar-refractivity contribution is 0.416. The number of halogens is 1. The third-order valence-electron chi connectivity index (χ3n) is 2.56. The second kappa shape index (κ2) is 5.67. The van der Waals surface area contributed by atoms with E-state index in [1.54, 1.807) is 26.6 Å². The van der Waals surface area contributed by atoms with E-state index in [0.29, 0.717) is 5.95 Å². The molecule has 0 fully saturated rings. The first-order valence-electron chi connectivity index (χ1n) is 5.45. The van der Waals surface area contributed by atoms with Gasteiger partial charge in [0.2, 0.25) is 5.95 Å². The summed E-state index contributed by atoms with van der Waals surface area (Å²) in [6.07, 6.45) is 5.28. The van der Waals surface area contributed by atoms with Gasteiger partial charge in [0, 0.05) is 35.0 Å². The first kappa shape index (κ1) is 13.3. The highest BCUT2D eigenvalue weighted by Crippen LogP contribution is 2.32. The molecule has 0 saturated heterocycles. The van der Waals surface area contributed by atoms with E-state index in [1.165, 1.54) is 4.90 Å². The van der Waals surface area contributed by atoms with Gasteiger partial charge in [0.15, 0.2) is 6.19 Å². The van der Waals surface area contributed by atoms with E-state index in [1.807, 2.05) is 24.4 Å². The average Bonchev–Trinajstić information content (AvgIpc) is 2.46. The number of methoxy groups -OCH3 is 1. The summed E-state index contributed by atoms with van der Waals surface area (Å²) in [5.41, 5.74) is 1.72. The smallest absolute Gasteiger partial charge is 0.238 e. The first-order chi connectivity index (χ1) is 9.15. The van der Waals surface area contributed by atoms with Crippen LogP contribution in [0.5, 0.6) is 5.75 Å². The maximum absolute atomic E-state index is 8.76. The Kier molecular flexibility index (Phi) is 3.97. The van der Waals surface area contributed by atoms with Crippen molar-refractivity contribution in [2.24, 2.45) is 0 Å². The molecular formula is C13H11BrN4O. The topological polar surface area (TPSA) is 62.0 Å². The Morgan fingerprint density at radius 2 is 2.00 bits per heavy atom. The minimum absolute atomic E-state index is 0.361. The summed E-state index contributed by atoms with van der Waals surface area (Å²) in [7, 11) is 3.22. The fourth-order valence-corrected chi connectivity index (χ4v) is 1.95. The van der Waals surface area contributed by atoms with Gasteiger partial charge in [-0.15, -0.1) is 0 Å². The molecule has 0 spiro atoms. The predicted octanol–water partition coefficient (Wildman–Crippen LogP) is 2.83. The van der Waals surface area contributed by atoms with E-state index in [-0.39, 0.29) is 0 Å². The number of rotatable bonds is 3. The zero-order valence-electron chi connectivity index (χ0n) is 10.5. The first-order valence-corrected chi connectivity index (χ1v) is 6.24.